The fraction of sp³-hybridized carbons (Fsp3) is 0.462. The van der Waals surface area contributed by atoms with Gasteiger partial charge in [-0.2, -0.15) is 13.2 Å². The second-order valence-electron chi connectivity index (χ2n) is 5.01. The van der Waals surface area contributed by atoms with E-state index in [1.54, 1.807) is 0 Å². The van der Waals surface area contributed by atoms with Gasteiger partial charge in [-0.25, -0.2) is 0 Å². The number of hydrogen-bond acceptors (Lipinski definition) is 3. The first kappa shape index (κ1) is 13.2. The Morgan fingerprint density at radius 1 is 1.30 bits per heavy atom. The second-order valence-corrected chi connectivity index (χ2v) is 5.01. The van der Waals surface area contributed by atoms with Gasteiger partial charge in [0.1, 0.15) is 6.04 Å². The van der Waals surface area contributed by atoms with Crippen molar-refractivity contribution in [3.05, 3.63) is 23.8 Å². The fourth-order valence-corrected chi connectivity index (χ4v) is 2.77. The molecule has 1 amide bonds. The molecule has 3 rings (SSSR count). The Labute approximate surface area is 114 Å². The van der Waals surface area contributed by atoms with E-state index in [0.717, 1.165) is 12.1 Å². The Kier molecular flexibility index (Phi) is 2.89. The highest BCUT2D eigenvalue weighted by atomic mass is 19.4. The van der Waals surface area contributed by atoms with Crippen LogP contribution in [0.1, 0.15) is 5.56 Å². The van der Waals surface area contributed by atoms with Crippen molar-refractivity contribution in [1.29, 1.82) is 0 Å². The number of alkyl halides is 3. The van der Waals surface area contributed by atoms with Crippen molar-refractivity contribution in [1.82, 2.24) is 5.32 Å². The molecule has 4 nitrogen and oxygen atoms in total. The van der Waals surface area contributed by atoms with E-state index in [0.29, 0.717) is 31.0 Å². The van der Waals surface area contributed by atoms with Gasteiger partial charge in [0.2, 0.25) is 0 Å². The number of nitrogens with zero attached hydrogens (tertiary/aromatic N) is 2. The molecule has 0 bridgehead atoms. The van der Waals surface area contributed by atoms with Crippen LogP contribution in [-0.4, -0.2) is 38.6 Å². The van der Waals surface area contributed by atoms with Crippen molar-refractivity contribution in [3.63, 3.8) is 0 Å². The number of anilines is 2. The summed E-state index contributed by atoms with van der Waals surface area (Å²) in [6.07, 6.45) is -4.40. The lowest BCUT2D eigenvalue weighted by Crippen LogP contribution is -2.61. The molecule has 0 spiro atoms. The zero-order valence-corrected chi connectivity index (χ0v) is 10.9. The number of fused-ring (bicyclic) bond motifs is 3. The van der Waals surface area contributed by atoms with Crippen LogP contribution in [0.3, 0.4) is 0 Å². The number of amides is 1. The van der Waals surface area contributed by atoms with E-state index in [-0.39, 0.29) is 11.9 Å². The summed E-state index contributed by atoms with van der Waals surface area (Å²) in [5, 5.41) is 3.13. The molecule has 2 aliphatic heterocycles. The molecule has 0 radical (unpaired) electrons. The van der Waals surface area contributed by atoms with Gasteiger partial charge in [0.25, 0.3) is 5.91 Å². The Bertz CT molecular complexity index is 558. The van der Waals surface area contributed by atoms with Crippen molar-refractivity contribution in [3.8, 4) is 0 Å². The summed E-state index contributed by atoms with van der Waals surface area (Å²) >= 11 is 0. The third-order valence-corrected chi connectivity index (χ3v) is 3.83. The van der Waals surface area contributed by atoms with Crippen LogP contribution in [0, 0.1) is 0 Å². The molecular weight excluding hydrogens is 271 g/mol. The topological polar surface area (TPSA) is 35.6 Å². The lowest BCUT2D eigenvalue weighted by atomic mass is 10.0. The molecule has 0 aromatic heterocycles. The molecule has 1 fully saturated rings. The third kappa shape index (κ3) is 1.93. The van der Waals surface area contributed by atoms with E-state index < -0.39 is 11.7 Å². The summed E-state index contributed by atoms with van der Waals surface area (Å²) in [7, 11) is 1.52. The van der Waals surface area contributed by atoms with Crippen molar-refractivity contribution >= 4 is 17.3 Å². The highest BCUT2D eigenvalue weighted by molar-refractivity contribution is 6.05. The van der Waals surface area contributed by atoms with Crippen molar-refractivity contribution in [2.24, 2.45) is 0 Å². The molecule has 1 unspecified atom stereocenters. The van der Waals surface area contributed by atoms with Gasteiger partial charge in [-0.3, -0.25) is 4.79 Å². The van der Waals surface area contributed by atoms with E-state index in [9.17, 15) is 18.0 Å². The Balaban J connectivity index is 2.09. The first-order valence-corrected chi connectivity index (χ1v) is 6.36. The first-order chi connectivity index (χ1) is 9.39. The number of nitrogens with one attached hydrogen (secondary N) is 1. The summed E-state index contributed by atoms with van der Waals surface area (Å²) in [5.41, 5.74) is 0.277. The molecule has 1 aromatic rings. The lowest BCUT2D eigenvalue weighted by Gasteiger charge is -2.44. The second kappa shape index (κ2) is 4.37. The minimum atomic E-state index is -4.40. The largest absolute Gasteiger partial charge is 0.416 e. The summed E-state index contributed by atoms with van der Waals surface area (Å²) in [5.74, 6) is -0.177. The number of halogens is 3. The van der Waals surface area contributed by atoms with Gasteiger partial charge in [0, 0.05) is 26.7 Å². The molecular formula is C13H14F3N3O. The summed E-state index contributed by atoms with van der Waals surface area (Å²) in [4.78, 5) is 15.4. The number of likely N-dealkylation sites (N-methyl/N-ethyl adjacent to an activating group) is 1. The Morgan fingerprint density at radius 3 is 2.75 bits per heavy atom. The van der Waals surface area contributed by atoms with Crippen LogP contribution in [-0.2, 0) is 11.0 Å². The zero-order valence-electron chi connectivity index (χ0n) is 10.9. The molecule has 0 saturated carbocycles. The minimum absolute atomic E-state index is 0.177. The Morgan fingerprint density at radius 2 is 2.05 bits per heavy atom. The third-order valence-electron chi connectivity index (χ3n) is 3.83. The van der Waals surface area contributed by atoms with Gasteiger partial charge < -0.3 is 15.1 Å². The maximum absolute atomic E-state index is 12.8. The highest BCUT2D eigenvalue weighted by Crippen LogP contribution is 2.40. The predicted molar refractivity (Wildman–Crippen MR) is 68.9 cm³/mol. The predicted octanol–water partition coefficient (Wildman–Crippen LogP) is 1.46. The molecule has 1 N–H and O–H groups in total. The molecule has 7 heteroatoms. The quantitative estimate of drug-likeness (QED) is 0.784. The van der Waals surface area contributed by atoms with Crippen molar-refractivity contribution in [2.75, 3.05) is 36.5 Å². The van der Waals surface area contributed by atoms with Crippen LogP contribution in [0.15, 0.2) is 18.2 Å². The van der Waals surface area contributed by atoms with Crippen LogP contribution < -0.4 is 15.1 Å². The molecule has 0 aliphatic carbocycles. The monoisotopic (exact) mass is 285 g/mol. The standard InChI is InChI=1S/C13H14F3N3O/c1-18-10-6-8(13(14,15)16)2-3-9(10)19-5-4-17-7-11(19)12(18)20/h2-3,6,11,17H,4-5,7H2,1H3. The van der Waals surface area contributed by atoms with Crippen LogP contribution >= 0.6 is 0 Å². The van der Waals surface area contributed by atoms with E-state index in [1.165, 1.54) is 18.0 Å². The van der Waals surface area contributed by atoms with E-state index in [1.807, 2.05) is 4.90 Å². The average Bonchev–Trinajstić information content (AvgIpc) is 2.43. The molecule has 108 valence electrons. The van der Waals surface area contributed by atoms with Gasteiger partial charge in [0.15, 0.2) is 0 Å². The fourth-order valence-electron chi connectivity index (χ4n) is 2.77. The molecule has 2 aliphatic rings. The Hall–Kier alpha value is -1.76. The van der Waals surface area contributed by atoms with Gasteiger partial charge in [-0.15, -0.1) is 0 Å². The van der Waals surface area contributed by atoms with Gasteiger partial charge in [0.05, 0.1) is 16.9 Å². The van der Waals surface area contributed by atoms with Crippen LogP contribution in [0.5, 0.6) is 0 Å². The molecule has 2 heterocycles. The van der Waals surface area contributed by atoms with Crippen LogP contribution in [0.2, 0.25) is 0 Å². The molecule has 1 aromatic carbocycles. The average molecular weight is 285 g/mol. The summed E-state index contributed by atoms with van der Waals surface area (Å²) in [6, 6.07) is 3.24. The number of rotatable bonds is 0. The smallest absolute Gasteiger partial charge is 0.355 e. The number of hydrogen-bond donors (Lipinski definition) is 1. The summed E-state index contributed by atoms with van der Waals surface area (Å²) in [6.45, 7) is 1.85. The highest BCUT2D eigenvalue weighted by Gasteiger charge is 2.39. The van der Waals surface area contributed by atoms with Crippen molar-refractivity contribution < 1.29 is 18.0 Å². The first-order valence-electron chi connectivity index (χ1n) is 6.36. The number of benzene rings is 1. The number of piperazine rings is 1. The van der Waals surface area contributed by atoms with E-state index >= 15 is 0 Å². The molecule has 1 saturated heterocycles. The SMILES string of the molecule is CN1C(=O)C2CNCCN2c2ccc(C(F)(F)F)cc21. The van der Waals surface area contributed by atoms with Gasteiger partial charge >= 0.3 is 6.18 Å². The van der Waals surface area contributed by atoms with Crippen molar-refractivity contribution in [2.45, 2.75) is 12.2 Å². The molecule has 20 heavy (non-hydrogen) atoms. The van der Waals surface area contributed by atoms with E-state index in [2.05, 4.69) is 5.32 Å². The number of carbonyl (C=O) groups excluding carboxylic acids is 1. The number of carbonyl (C=O) groups is 1. The van der Waals surface area contributed by atoms with E-state index in [4.69, 9.17) is 0 Å². The van der Waals surface area contributed by atoms with Crippen LogP contribution in [0.25, 0.3) is 0 Å². The van der Waals surface area contributed by atoms with Gasteiger partial charge in [-0.1, -0.05) is 0 Å². The van der Waals surface area contributed by atoms with Crippen LogP contribution in [0.4, 0.5) is 24.5 Å². The normalized spacial score (nSPS) is 22.6. The summed E-state index contributed by atoms with van der Waals surface area (Å²) < 4.78 is 38.4. The maximum atomic E-state index is 12.8. The lowest BCUT2D eigenvalue weighted by molar-refractivity contribution is -0.137. The molecule has 1 atom stereocenters. The maximum Gasteiger partial charge on any atom is 0.416 e. The minimum Gasteiger partial charge on any atom is -0.355 e. The zero-order chi connectivity index (χ0) is 14.5. The van der Waals surface area contributed by atoms with Gasteiger partial charge in [-0.05, 0) is 18.2 Å².